The summed E-state index contributed by atoms with van der Waals surface area (Å²) in [5.41, 5.74) is 0.828. The fraction of sp³-hybridized carbons (Fsp3) is 0.533. The molecule has 0 aliphatic heterocycles. The highest BCUT2D eigenvalue weighted by molar-refractivity contribution is 5.96. The second-order valence-electron chi connectivity index (χ2n) is 5.31. The molecule has 0 N–H and O–H groups in total. The molecule has 0 amide bonds. The van der Waals surface area contributed by atoms with Gasteiger partial charge < -0.3 is 4.48 Å². The van der Waals surface area contributed by atoms with Crippen LogP contribution in [0.4, 0.5) is 0 Å². The van der Waals surface area contributed by atoms with Gasteiger partial charge in [-0.05, 0) is 12.8 Å². The first-order valence-electron chi connectivity index (χ1n) is 6.45. The Labute approximate surface area is 105 Å². The van der Waals surface area contributed by atoms with Crippen molar-refractivity contribution in [3.05, 3.63) is 35.9 Å². The van der Waals surface area contributed by atoms with E-state index in [4.69, 9.17) is 0 Å². The third kappa shape index (κ3) is 5.14. The lowest BCUT2D eigenvalue weighted by Gasteiger charge is -2.29. The Kier molecular flexibility index (Phi) is 5.36. The summed E-state index contributed by atoms with van der Waals surface area (Å²) in [4.78, 5) is 12.1. The van der Waals surface area contributed by atoms with Crippen LogP contribution in [0.2, 0.25) is 0 Å². The van der Waals surface area contributed by atoms with Crippen molar-refractivity contribution in [2.75, 3.05) is 27.2 Å². The van der Waals surface area contributed by atoms with Gasteiger partial charge in [-0.25, -0.2) is 0 Å². The predicted octanol–water partition coefficient (Wildman–Crippen LogP) is 3.14. The van der Waals surface area contributed by atoms with E-state index in [0.717, 1.165) is 16.6 Å². The van der Waals surface area contributed by atoms with Crippen LogP contribution < -0.4 is 0 Å². The molecule has 1 aromatic rings. The Morgan fingerprint density at radius 1 is 1.12 bits per heavy atom. The number of likely N-dealkylation sites (N-methyl/N-ethyl adjacent to an activating group) is 1. The first kappa shape index (κ1) is 13.9. The summed E-state index contributed by atoms with van der Waals surface area (Å²) in [6, 6.07) is 9.58. The smallest absolute Gasteiger partial charge is 0.216 e. The average molecular weight is 234 g/mol. The average Bonchev–Trinajstić information content (AvgIpc) is 2.30. The van der Waals surface area contributed by atoms with Gasteiger partial charge in [0.05, 0.1) is 20.6 Å². The molecule has 0 fully saturated rings. The van der Waals surface area contributed by atoms with Gasteiger partial charge in [-0.3, -0.25) is 4.79 Å². The van der Waals surface area contributed by atoms with E-state index in [2.05, 4.69) is 21.0 Å². The highest BCUT2D eigenvalue weighted by Crippen LogP contribution is 2.07. The van der Waals surface area contributed by atoms with Crippen molar-refractivity contribution in [2.45, 2.75) is 26.2 Å². The fourth-order valence-corrected chi connectivity index (χ4v) is 1.97. The van der Waals surface area contributed by atoms with Gasteiger partial charge in [0, 0.05) is 5.56 Å². The fourth-order valence-electron chi connectivity index (χ4n) is 1.97. The van der Waals surface area contributed by atoms with Crippen LogP contribution in [-0.4, -0.2) is 37.5 Å². The SMILES string of the molecule is CCCCC[N+](C)(C)CC(=O)c1ccccc1. The Bertz CT molecular complexity index is 343. The van der Waals surface area contributed by atoms with Crippen molar-refractivity contribution >= 4 is 5.78 Å². The number of rotatable bonds is 7. The Hall–Kier alpha value is -1.15. The number of nitrogens with zero attached hydrogens (tertiary/aromatic N) is 1. The van der Waals surface area contributed by atoms with Crippen LogP contribution in [0, 0.1) is 0 Å². The molecule has 2 nitrogen and oxygen atoms in total. The molecule has 0 saturated heterocycles. The third-order valence-corrected chi connectivity index (χ3v) is 3.03. The molecule has 1 rings (SSSR count). The number of carbonyl (C=O) groups excluding carboxylic acids is 1. The minimum atomic E-state index is 0.243. The van der Waals surface area contributed by atoms with E-state index < -0.39 is 0 Å². The summed E-state index contributed by atoms with van der Waals surface area (Å²) in [5.74, 6) is 0.243. The number of quaternary nitrogens is 1. The summed E-state index contributed by atoms with van der Waals surface area (Å²) in [6.45, 7) is 3.87. The number of hydrogen-bond acceptors (Lipinski definition) is 1. The maximum Gasteiger partial charge on any atom is 0.216 e. The van der Waals surface area contributed by atoms with Crippen molar-refractivity contribution in [2.24, 2.45) is 0 Å². The second kappa shape index (κ2) is 6.55. The van der Waals surface area contributed by atoms with Gasteiger partial charge in [-0.15, -0.1) is 0 Å². The molecular formula is C15H24NO+. The second-order valence-corrected chi connectivity index (χ2v) is 5.31. The molecule has 94 valence electrons. The molecule has 0 radical (unpaired) electrons. The molecular weight excluding hydrogens is 210 g/mol. The van der Waals surface area contributed by atoms with Crippen LogP contribution >= 0.6 is 0 Å². The lowest BCUT2D eigenvalue weighted by atomic mass is 10.1. The molecule has 0 saturated carbocycles. The third-order valence-electron chi connectivity index (χ3n) is 3.03. The number of ketones is 1. The monoisotopic (exact) mass is 234 g/mol. The van der Waals surface area contributed by atoms with Gasteiger partial charge in [0.15, 0.2) is 0 Å². The van der Waals surface area contributed by atoms with E-state index in [-0.39, 0.29) is 5.78 Å². The minimum absolute atomic E-state index is 0.243. The van der Waals surface area contributed by atoms with Gasteiger partial charge in [0.1, 0.15) is 6.54 Å². The van der Waals surface area contributed by atoms with Crippen LogP contribution in [-0.2, 0) is 0 Å². The molecule has 0 atom stereocenters. The predicted molar refractivity (Wildman–Crippen MR) is 72.1 cm³/mol. The van der Waals surface area contributed by atoms with Gasteiger partial charge in [0.25, 0.3) is 0 Å². The maximum absolute atomic E-state index is 12.1. The normalized spacial score (nSPS) is 11.5. The highest BCUT2D eigenvalue weighted by atomic mass is 16.1. The quantitative estimate of drug-likeness (QED) is 0.402. The van der Waals surface area contributed by atoms with Crippen molar-refractivity contribution in [1.29, 1.82) is 0 Å². The summed E-state index contributed by atoms with van der Waals surface area (Å²) < 4.78 is 0.785. The number of benzene rings is 1. The Morgan fingerprint density at radius 3 is 2.35 bits per heavy atom. The van der Waals surface area contributed by atoms with Crippen molar-refractivity contribution < 1.29 is 9.28 Å². The van der Waals surface area contributed by atoms with E-state index in [1.807, 2.05) is 30.3 Å². The van der Waals surface area contributed by atoms with Crippen LogP contribution in [0.25, 0.3) is 0 Å². The Balaban J connectivity index is 2.50. The molecule has 0 aliphatic rings. The molecule has 0 aliphatic carbocycles. The van der Waals surface area contributed by atoms with Crippen molar-refractivity contribution in [3.8, 4) is 0 Å². The molecule has 0 aromatic heterocycles. The summed E-state index contributed by atoms with van der Waals surface area (Å²) >= 11 is 0. The lowest BCUT2D eigenvalue weighted by Crippen LogP contribution is -2.44. The van der Waals surface area contributed by atoms with E-state index in [9.17, 15) is 4.79 Å². The summed E-state index contributed by atoms with van der Waals surface area (Å²) in [6.07, 6.45) is 3.68. The molecule has 0 heterocycles. The van der Waals surface area contributed by atoms with Crippen LogP contribution in [0.5, 0.6) is 0 Å². The molecule has 17 heavy (non-hydrogen) atoms. The van der Waals surface area contributed by atoms with E-state index in [1.165, 1.54) is 19.3 Å². The zero-order chi connectivity index (χ0) is 12.7. The molecule has 0 spiro atoms. The maximum atomic E-state index is 12.1. The van der Waals surface area contributed by atoms with Gasteiger partial charge in [-0.2, -0.15) is 0 Å². The summed E-state index contributed by atoms with van der Waals surface area (Å²) in [7, 11) is 4.27. The Morgan fingerprint density at radius 2 is 1.76 bits per heavy atom. The number of hydrogen-bond donors (Lipinski definition) is 0. The van der Waals surface area contributed by atoms with Crippen molar-refractivity contribution in [3.63, 3.8) is 0 Å². The van der Waals surface area contributed by atoms with Crippen molar-refractivity contribution in [1.82, 2.24) is 0 Å². The molecule has 0 bridgehead atoms. The largest absolute Gasteiger partial charge is 0.322 e. The standard InChI is InChI=1S/C15H24NO/c1-4-5-9-12-16(2,3)13-15(17)14-10-7-6-8-11-14/h6-8,10-11H,4-5,9,12-13H2,1-3H3/q+1. The van der Waals surface area contributed by atoms with E-state index >= 15 is 0 Å². The first-order valence-corrected chi connectivity index (χ1v) is 6.45. The number of carbonyl (C=O) groups is 1. The van der Waals surface area contributed by atoms with E-state index in [1.54, 1.807) is 0 Å². The first-order chi connectivity index (χ1) is 8.05. The van der Waals surface area contributed by atoms with Crippen LogP contribution in [0.3, 0.4) is 0 Å². The van der Waals surface area contributed by atoms with Crippen LogP contribution in [0.1, 0.15) is 36.5 Å². The topological polar surface area (TPSA) is 17.1 Å². The molecule has 2 heteroatoms. The van der Waals surface area contributed by atoms with E-state index in [0.29, 0.717) is 6.54 Å². The highest BCUT2D eigenvalue weighted by Gasteiger charge is 2.20. The van der Waals surface area contributed by atoms with Gasteiger partial charge >= 0.3 is 0 Å². The zero-order valence-electron chi connectivity index (χ0n) is 11.3. The number of Topliss-reactive ketones (excluding diaryl/α,β-unsaturated/α-hetero) is 1. The van der Waals surface area contributed by atoms with Crippen LogP contribution in [0.15, 0.2) is 30.3 Å². The lowest BCUT2D eigenvalue weighted by molar-refractivity contribution is -0.882. The van der Waals surface area contributed by atoms with Gasteiger partial charge in [-0.1, -0.05) is 43.7 Å². The van der Waals surface area contributed by atoms with Gasteiger partial charge in [0.2, 0.25) is 5.78 Å². The molecule has 0 unspecified atom stereocenters. The minimum Gasteiger partial charge on any atom is -0.322 e. The number of unbranched alkanes of at least 4 members (excludes halogenated alkanes) is 2. The zero-order valence-corrected chi connectivity index (χ0v) is 11.3. The molecule has 1 aromatic carbocycles. The summed E-state index contributed by atoms with van der Waals surface area (Å²) in [5, 5.41) is 0.